The number of hydrogen-bond acceptors (Lipinski definition) is 3. The number of halogens is 1. The molecule has 1 aromatic rings. The second-order valence-electron chi connectivity index (χ2n) is 5.63. The van der Waals surface area contributed by atoms with E-state index in [-0.39, 0.29) is 6.04 Å². The lowest BCUT2D eigenvalue weighted by atomic mass is 10.0. The highest BCUT2D eigenvalue weighted by molar-refractivity contribution is 9.10. The first-order valence-electron chi connectivity index (χ1n) is 7.50. The van der Waals surface area contributed by atoms with Gasteiger partial charge in [0.1, 0.15) is 0 Å². The molecule has 0 aromatic heterocycles. The van der Waals surface area contributed by atoms with Gasteiger partial charge in [0.05, 0.1) is 6.10 Å². The summed E-state index contributed by atoms with van der Waals surface area (Å²) >= 11 is 3.56. The summed E-state index contributed by atoms with van der Waals surface area (Å²) in [4.78, 5) is 2.42. The summed E-state index contributed by atoms with van der Waals surface area (Å²) in [5.74, 6) is 0. The van der Waals surface area contributed by atoms with Crippen LogP contribution in [-0.2, 0) is 11.2 Å². The molecule has 0 radical (unpaired) electrons. The average molecular weight is 341 g/mol. The summed E-state index contributed by atoms with van der Waals surface area (Å²) in [6.45, 7) is 7.14. The Hall–Kier alpha value is -0.580. The third-order valence-corrected chi connectivity index (χ3v) is 4.25. The molecule has 112 valence electrons. The van der Waals surface area contributed by atoms with Gasteiger partial charge >= 0.3 is 0 Å². The number of anilines is 1. The van der Waals surface area contributed by atoms with Gasteiger partial charge in [0, 0.05) is 35.9 Å². The van der Waals surface area contributed by atoms with Crippen LogP contribution in [0.15, 0.2) is 22.7 Å². The van der Waals surface area contributed by atoms with Gasteiger partial charge in [-0.15, -0.1) is 0 Å². The first kappa shape index (κ1) is 15.8. The van der Waals surface area contributed by atoms with Crippen molar-refractivity contribution in [1.82, 2.24) is 0 Å². The van der Waals surface area contributed by atoms with Crippen molar-refractivity contribution in [1.29, 1.82) is 0 Å². The molecule has 1 aliphatic heterocycles. The second-order valence-corrected chi connectivity index (χ2v) is 6.54. The molecule has 2 rings (SSSR count). The van der Waals surface area contributed by atoms with Crippen LogP contribution < -0.4 is 10.6 Å². The first-order valence-corrected chi connectivity index (χ1v) is 8.30. The highest BCUT2D eigenvalue weighted by atomic mass is 79.9. The number of hydrogen-bond donors (Lipinski definition) is 1. The first-order chi connectivity index (χ1) is 9.60. The van der Waals surface area contributed by atoms with E-state index in [0.717, 1.165) is 30.6 Å². The van der Waals surface area contributed by atoms with Gasteiger partial charge < -0.3 is 15.4 Å². The normalized spacial score (nSPS) is 20.1. The van der Waals surface area contributed by atoms with Crippen molar-refractivity contribution >= 4 is 21.6 Å². The molecule has 1 heterocycles. The number of nitrogens with two attached hydrogens (primary N) is 1. The molecule has 2 N–H and O–H groups in total. The van der Waals surface area contributed by atoms with Crippen molar-refractivity contribution in [3.63, 3.8) is 0 Å². The lowest BCUT2D eigenvalue weighted by Gasteiger charge is -2.28. The van der Waals surface area contributed by atoms with Crippen molar-refractivity contribution in [3.05, 3.63) is 28.2 Å². The molecule has 3 nitrogen and oxygen atoms in total. The fraction of sp³-hybridized carbons (Fsp3) is 0.625. The van der Waals surface area contributed by atoms with E-state index in [2.05, 4.69) is 52.9 Å². The quantitative estimate of drug-likeness (QED) is 0.862. The Kier molecular flexibility index (Phi) is 5.87. The Morgan fingerprint density at radius 3 is 2.90 bits per heavy atom. The zero-order valence-electron chi connectivity index (χ0n) is 12.4. The number of ether oxygens (including phenoxy) is 1. The van der Waals surface area contributed by atoms with Crippen LogP contribution in [0.2, 0.25) is 0 Å². The van der Waals surface area contributed by atoms with Crippen LogP contribution in [0.3, 0.4) is 0 Å². The maximum atomic E-state index is 5.99. The molecule has 1 aromatic carbocycles. The summed E-state index contributed by atoms with van der Waals surface area (Å²) in [6, 6.07) is 6.67. The van der Waals surface area contributed by atoms with Crippen LogP contribution in [0.1, 0.15) is 32.3 Å². The average Bonchev–Trinajstić information content (AvgIpc) is 2.89. The molecule has 1 fully saturated rings. The Bertz CT molecular complexity index is 430. The summed E-state index contributed by atoms with van der Waals surface area (Å²) in [6.07, 6.45) is 3.64. The number of rotatable bonds is 6. The van der Waals surface area contributed by atoms with E-state index in [1.54, 1.807) is 0 Å². The minimum absolute atomic E-state index is 0.171. The molecule has 1 aliphatic rings. The topological polar surface area (TPSA) is 38.5 Å². The van der Waals surface area contributed by atoms with Crippen LogP contribution in [-0.4, -0.2) is 31.8 Å². The van der Waals surface area contributed by atoms with E-state index in [9.17, 15) is 0 Å². The van der Waals surface area contributed by atoms with Crippen molar-refractivity contribution < 1.29 is 4.74 Å². The van der Waals surface area contributed by atoms with Crippen molar-refractivity contribution in [2.45, 2.75) is 45.3 Å². The predicted octanol–water partition coefficient (Wildman–Crippen LogP) is 3.34. The lowest BCUT2D eigenvalue weighted by Crippen LogP contribution is -2.33. The minimum atomic E-state index is 0.171. The molecule has 20 heavy (non-hydrogen) atoms. The standard InChI is InChI=1S/C16H25BrN2O/c1-3-19(11-15-5-4-8-20-15)16-7-6-14(17)10-13(16)9-12(2)18/h6-7,10,12,15H,3-5,8-9,11,18H2,1-2H3. The zero-order chi connectivity index (χ0) is 14.5. The van der Waals surface area contributed by atoms with E-state index in [4.69, 9.17) is 10.5 Å². The molecule has 1 saturated heterocycles. The second kappa shape index (κ2) is 7.43. The molecular weight excluding hydrogens is 316 g/mol. The Labute approximate surface area is 130 Å². The van der Waals surface area contributed by atoms with Crippen LogP contribution in [0.25, 0.3) is 0 Å². The van der Waals surface area contributed by atoms with Gasteiger partial charge in [0.2, 0.25) is 0 Å². The fourth-order valence-electron chi connectivity index (χ4n) is 2.80. The van der Waals surface area contributed by atoms with E-state index in [1.807, 2.05) is 0 Å². The van der Waals surface area contributed by atoms with Crippen LogP contribution in [0.4, 0.5) is 5.69 Å². The molecule has 0 saturated carbocycles. The Morgan fingerprint density at radius 1 is 1.50 bits per heavy atom. The summed E-state index contributed by atoms with van der Waals surface area (Å²) in [5, 5.41) is 0. The largest absolute Gasteiger partial charge is 0.376 e. The van der Waals surface area contributed by atoms with Crippen LogP contribution >= 0.6 is 15.9 Å². The van der Waals surface area contributed by atoms with E-state index >= 15 is 0 Å². The Balaban J connectivity index is 2.18. The summed E-state index contributed by atoms with van der Waals surface area (Å²) < 4.78 is 6.89. The van der Waals surface area contributed by atoms with Crippen molar-refractivity contribution in [2.75, 3.05) is 24.6 Å². The van der Waals surface area contributed by atoms with Crippen molar-refractivity contribution in [2.24, 2.45) is 5.73 Å². The SMILES string of the molecule is CCN(CC1CCCO1)c1ccc(Br)cc1CC(C)N. The third kappa shape index (κ3) is 4.21. The molecular formula is C16H25BrN2O. The molecule has 0 amide bonds. The van der Waals surface area contributed by atoms with E-state index < -0.39 is 0 Å². The van der Waals surface area contributed by atoms with Gasteiger partial charge in [-0.2, -0.15) is 0 Å². The van der Waals surface area contributed by atoms with Gasteiger partial charge in [-0.25, -0.2) is 0 Å². The van der Waals surface area contributed by atoms with E-state index in [0.29, 0.717) is 6.10 Å². The molecule has 2 unspecified atom stereocenters. The molecule has 4 heteroatoms. The highest BCUT2D eigenvalue weighted by Gasteiger charge is 2.20. The molecule has 2 atom stereocenters. The van der Waals surface area contributed by atoms with Crippen LogP contribution in [0.5, 0.6) is 0 Å². The number of nitrogens with zero attached hydrogens (tertiary/aromatic N) is 1. The zero-order valence-corrected chi connectivity index (χ0v) is 14.0. The maximum absolute atomic E-state index is 5.99. The van der Waals surface area contributed by atoms with Gasteiger partial charge in [-0.3, -0.25) is 0 Å². The van der Waals surface area contributed by atoms with Gasteiger partial charge in [-0.05, 0) is 56.9 Å². The fourth-order valence-corrected chi connectivity index (χ4v) is 3.21. The number of benzene rings is 1. The monoisotopic (exact) mass is 340 g/mol. The lowest BCUT2D eigenvalue weighted by molar-refractivity contribution is 0.115. The predicted molar refractivity (Wildman–Crippen MR) is 88.4 cm³/mol. The molecule has 0 bridgehead atoms. The van der Waals surface area contributed by atoms with Gasteiger partial charge in [0.25, 0.3) is 0 Å². The Morgan fingerprint density at radius 2 is 2.30 bits per heavy atom. The summed E-state index contributed by atoms with van der Waals surface area (Å²) in [7, 11) is 0. The van der Waals surface area contributed by atoms with Gasteiger partial charge in [-0.1, -0.05) is 15.9 Å². The van der Waals surface area contributed by atoms with Crippen LogP contribution in [0, 0.1) is 0 Å². The summed E-state index contributed by atoms with van der Waals surface area (Å²) in [5.41, 5.74) is 8.60. The molecule has 0 spiro atoms. The van der Waals surface area contributed by atoms with E-state index in [1.165, 1.54) is 24.1 Å². The maximum Gasteiger partial charge on any atom is 0.0750 e. The number of likely N-dealkylation sites (N-methyl/N-ethyl adjacent to an activating group) is 1. The minimum Gasteiger partial charge on any atom is -0.376 e. The smallest absolute Gasteiger partial charge is 0.0750 e. The molecule has 0 aliphatic carbocycles. The third-order valence-electron chi connectivity index (χ3n) is 3.75. The van der Waals surface area contributed by atoms with Gasteiger partial charge in [0.15, 0.2) is 0 Å². The van der Waals surface area contributed by atoms with Crippen molar-refractivity contribution in [3.8, 4) is 0 Å². The highest BCUT2D eigenvalue weighted by Crippen LogP contribution is 2.27.